The van der Waals surface area contributed by atoms with Crippen molar-refractivity contribution in [3.05, 3.63) is 90.5 Å². The normalized spacial score (nSPS) is 14.7. The second kappa shape index (κ2) is 15.8. The minimum atomic E-state index is -2.26. The van der Waals surface area contributed by atoms with E-state index in [-0.39, 0.29) is 11.8 Å². The van der Waals surface area contributed by atoms with E-state index < -0.39 is 32.6 Å². The van der Waals surface area contributed by atoms with Crippen molar-refractivity contribution in [1.82, 2.24) is 0 Å². The fourth-order valence-electron chi connectivity index (χ4n) is 3.51. The SMILES string of the molecule is C=CC[C@@H](OC(=O)/C=C/c1ccccc1)[C@H](OCOCCOC)[C@@H](O[Si](C)(C)C(C)(C)C)c1ccccc1. The summed E-state index contributed by atoms with van der Waals surface area (Å²) in [7, 11) is -0.644. The minimum Gasteiger partial charge on any atom is -0.456 e. The molecule has 38 heavy (non-hydrogen) atoms. The fourth-order valence-corrected chi connectivity index (χ4v) is 4.77. The smallest absolute Gasteiger partial charge is 0.331 e. The first kappa shape index (κ1) is 31.7. The summed E-state index contributed by atoms with van der Waals surface area (Å²) in [6.07, 6.45) is 3.51. The van der Waals surface area contributed by atoms with Crippen molar-refractivity contribution in [3.63, 3.8) is 0 Å². The quantitative estimate of drug-likeness (QED) is 0.0573. The van der Waals surface area contributed by atoms with Gasteiger partial charge in [0.1, 0.15) is 25.1 Å². The zero-order chi connectivity index (χ0) is 28.0. The van der Waals surface area contributed by atoms with E-state index in [1.807, 2.05) is 60.7 Å². The highest BCUT2D eigenvalue weighted by molar-refractivity contribution is 6.74. The molecule has 0 N–H and O–H groups in total. The van der Waals surface area contributed by atoms with Gasteiger partial charge in [-0.15, -0.1) is 6.58 Å². The lowest BCUT2D eigenvalue weighted by atomic mass is 9.98. The molecule has 208 valence electrons. The van der Waals surface area contributed by atoms with Crippen LogP contribution in [0.25, 0.3) is 6.08 Å². The van der Waals surface area contributed by atoms with Crippen LogP contribution in [0.1, 0.15) is 44.4 Å². The first-order valence-corrected chi connectivity index (χ1v) is 16.0. The van der Waals surface area contributed by atoms with Crippen LogP contribution in [0.15, 0.2) is 79.4 Å². The molecule has 0 heterocycles. The number of hydrogen-bond acceptors (Lipinski definition) is 6. The predicted octanol–water partition coefficient (Wildman–Crippen LogP) is 6.96. The van der Waals surface area contributed by atoms with Gasteiger partial charge in [0.25, 0.3) is 0 Å². The van der Waals surface area contributed by atoms with Crippen molar-refractivity contribution < 1.29 is 28.2 Å². The third-order valence-electron chi connectivity index (χ3n) is 6.67. The van der Waals surface area contributed by atoms with Crippen molar-refractivity contribution in [1.29, 1.82) is 0 Å². The van der Waals surface area contributed by atoms with Gasteiger partial charge in [-0.3, -0.25) is 0 Å². The number of esters is 1. The molecule has 0 saturated carbocycles. The third-order valence-corrected chi connectivity index (χ3v) is 11.1. The summed E-state index contributed by atoms with van der Waals surface area (Å²) in [6, 6.07) is 19.6. The monoisotopic (exact) mass is 540 g/mol. The van der Waals surface area contributed by atoms with E-state index in [2.05, 4.69) is 40.4 Å². The van der Waals surface area contributed by atoms with E-state index >= 15 is 0 Å². The average Bonchev–Trinajstić information content (AvgIpc) is 2.89. The zero-order valence-electron chi connectivity index (χ0n) is 23.7. The lowest BCUT2D eigenvalue weighted by Crippen LogP contribution is -2.47. The fraction of sp³-hybridized carbons (Fsp3) is 0.452. The molecule has 0 spiro atoms. The number of benzene rings is 2. The average molecular weight is 541 g/mol. The lowest BCUT2D eigenvalue weighted by molar-refractivity contribution is -0.179. The largest absolute Gasteiger partial charge is 0.456 e. The number of rotatable bonds is 16. The Bertz CT molecular complexity index is 984. The van der Waals surface area contributed by atoms with E-state index in [1.54, 1.807) is 19.3 Å². The van der Waals surface area contributed by atoms with Crippen molar-refractivity contribution in [2.45, 2.75) is 63.6 Å². The van der Waals surface area contributed by atoms with Crippen LogP contribution < -0.4 is 0 Å². The molecule has 7 heteroatoms. The Morgan fingerprint density at radius 2 is 1.63 bits per heavy atom. The van der Waals surface area contributed by atoms with Gasteiger partial charge >= 0.3 is 5.97 Å². The molecule has 2 rings (SSSR count). The van der Waals surface area contributed by atoms with Crippen LogP contribution in [0, 0.1) is 0 Å². The van der Waals surface area contributed by atoms with Gasteiger partial charge in [-0.25, -0.2) is 4.79 Å². The molecule has 3 atom stereocenters. The molecule has 0 fully saturated rings. The van der Waals surface area contributed by atoms with Gasteiger partial charge in [-0.05, 0) is 35.3 Å². The summed E-state index contributed by atoms with van der Waals surface area (Å²) in [6.45, 7) is 15.7. The van der Waals surface area contributed by atoms with Crippen LogP contribution in [0.3, 0.4) is 0 Å². The maximum atomic E-state index is 12.9. The van der Waals surface area contributed by atoms with Crippen LogP contribution in [0.5, 0.6) is 0 Å². The Balaban J connectivity index is 2.40. The molecule has 0 saturated heterocycles. The first-order valence-electron chi connectivity index (χ1n) is 13.0. The van der Waals surface area contributed by atoms with Gasteiger partial charge in [0.15, 0.2) is 8.32 Å². The number of ether oxygens (including phenoxy) is 4. The highest BCUT2D eigenvalue weighted by Crippen LogP contribution is 2.42. The Morgan fingerprint density at radius 3 is 2.21 bits per heavy atom. The summed E-state index contributed by atoms with van der Waals surface area (Å²) in [5.41, 5.74) is 1.86. The van der Waals surface area contributed by atoms with Crippen molar-refractivity contribution in [3.8, 4) is 0 Å². The van der Waals surface area contributed by atoms with Gasteiger partial charge in [0.2, 0.25) is 0 Å². The molecule has 2 aromatic rings. The van der Waals surface area contributed by atoms with Gasteiger partial charge in [0, 0.05) is 19.6 Å². The molecule has 6 nitrogen and oxygen atoms in total. The second-order valence-electron chi connectivity index (χ2n) is 10.6. The molecule has 0 aliphatic heterocycles. The molecular weight excluding hydrogens is 496 g/mol. The Morgan fingerprint density at radius 1 is 1.00 bits per heavy atom. The molecule has 0 aromatic heterocycles. The van der Waals surface area contributed by atoms with Gasteiger partial charge in [-0.1, -0.05) is 87.5 Å². The van der Waals surface area contributed by atoms with Gasteiger partial charge in [0.05, 0.1) is 13.2 Å². The molecule has 2 aromatic carbocycles. The summed E-state index contributed by atoms with van der Waals surface area (Å²) >= 11 is 0. The summed E-state index contributed by atoms with van der Waals surface area (Å²) in [5, 5.41) is -0.0391. The summed E-state index contributed by atoms with van der Waals surface area (Å²) in [5.74, 6) is -0.464. The van der Waals surface area contributed by atoms with Crippen molar-refractivity contribution >= 4 is 20.4 Å². The van der Waals surface area contributed by atoms with E-state index in [4.69, 9.17) is 23.4 Å². The topological polar surface area (TPSA) is 63.2 Å². The maximum Gasteiger partial charge on any atom is 0.331 e. The van der Waals surface area contributed by atoms with E-state index in [0.29, 0.717) is 19.6 Å². The molecule has 0 radical (unpaired) electrons. The maximum absolute atomic E-state index is 12.9. The summed E-state index contributed by atoms with van der Waals surface area (Å²) < 4.78 is 30.0. The highest BCUT2D eigenvalue weighted by atomic mass is 28.4. The number of carbonyl (C=O) groups excluding carboxylic acids is 1. The van der Waals surface area contributed by atoms with Crippen LogP contribution in [0.4, 0.5) is 0 Å². The molecule has 0 amide bonds. The van der Waals surface area contributed by atoms with Crippen LogP contribution in [0.2, 0.25) is 18.1 Å². The molecule has 0 aliphatic carbocycles. The number of hydrogen-bond donors (Lipinski definition) is 0. The van der Waals surface area contributed by atoms with E-state index in [1.165, 1.54) is 6.08 Å². The first-order chi connectivity index (χ1) is 18.1. The summed E-state index contributed by atoms with van der Waals surface area (Å²) in [4.78, 5) is 12.9. The lowest BCUT2D eigenvalue weighted by Gasteiger charge is -2.42. The van der Waals surface area contributed by atoms with E-state index in [0.717, 1.165) is 11.1 Å². The van der Waals surface area contributed by atoms with Crippen LogP contribution >= 0.6 is 0 Å². The molecule has 0 aliphatic rings. The molecular formula is C31H44O6Si. The van der Waals surface area contributed by atoms with Crippen LogP contribution in [-0.4, -0.2) is 53.6 Å². The van der Waals surface area contributed by atoms with Gasteiger partial charge < -0.3 is 23.4 Å². The third kappa shape index (κ3) is 10.3. The Hall–Kier alpha value is -2.55. The van der Waals surface area contributed by atoms with Crippen molar-refractivity contribution in [2.75, 3.05) is 27.1 Å². The van der Waals surface area contributed by atoms with E-state index in [9.17, 15) is 4.79 Å². The van der Waals surface area contributed by atoms with Crippen LogP contribution in [-0.2, 0) is 28.2 Å². The van der Waals surface area contributed by atoms with Crippen molar-refractivity contribution in [2.24, 2.45) is 0 Å². The predicted molar refractivity (Wildman–Crippen MR) is 155 cm³/mol. The highest BCUT2D eigenvalue weighted by Gasteiger charge is 2.43. The number of carbonyl (C=O) groups is 1. The standard InChI is InChI=1S/C31H44O6Si/c1-8-15-27(36-28(32)21-20-25-16-11-9-12-17-25)30(35-24-34-23-22-33-5)29(26-18-13-10-14-19-26)37-38(6,7)31(2,3)4/h8-14,16-21,27,29-30H,1,15,22-24H2,2-7H3/b21-20+/t27-,29+,30+/m1/s1. The zero-order valence-corrected chi connectivity index (χ0v) is 24.7. The minimum absolute atomic E-state index is 0.00324. The van der Waals surface area contributed by atoms with Gasteiger partial charge in [-0.2, -0.15) is 0 Å². The Kier molecular flexibility index (Phi) is 13.1. The molecule has 0 unspecified atom stereocenters. The number of methoxy groups -OCH3 is 1. The second-order valence-corrected chi connectivity index (χ2v) is 15.4. The molecule has 0 bridgehead atoms. The Labute approximate surface area is 229 Å².